The Labute approximate surface area is 126 Å². The Morgan fingerprint density at radius 1 is 0.850 bits per heavy atom. The van der Waals surface area contributed by atoms with Crippen LogP contribution in [-0.2, 0) is 9.53 Å². The lowest BCUT2D eigenvalue weighted by Gasteiger charge is -2.17. The van der Waals surface area contributed by atoms with Crippen molar-refractivity contribution in [3.8, 4) is 0 Å². The quantitative estimate of drug-likeness (QED) is 0.330. The molecule has 0 amide bonds. The molecule has 0 saturated heterocycles. The topological polar surface area (TPSA) is 26.3 Å². The van der Waals surface area contributed by atoms with Gasteiger partial charge >= 0.3 is 5.97 Å². The molecule has 0 aliphatic rings. The first kappa shape index (κ1) is 19.5. The maximum absolute atomic E-state index is 11.5. The van der Waals surface area contributed by atoms with Crippen LogP contribution in [0.25, 0.3) is 0 Å². The molecule has 2 heteroatoms. The molecule has 0 radical (unpaired) electrons. The number of carbonyl (C=O) groups is 1. The number of rotatable bonds is 12. The average Bonchev–Trinajstić information content (AvgIpc) is 2.37. The number of carbonyl (C=O) groups excluding carboxylic acids is 1. The Kier molecular flexibility index (Phi) is 11.9. The zero-order valence-corrected chi connectivity index (χ0v) is 14.3. The van der Waals surface area contributed by atoms with Crippen molar-refractivity contribution >= 4 is 5.97 Å². The summed E-state index contributed by atoms with van der Waals surface area (Å²) in [6.45, 7) is 9.58. The van der Waals surface area contributed by atoms with Crippen molar-refractivity contribution < 1.29 is 9.53 Å². The zero-order chi connectivity index (χ0) is 15.3. The first-order valence-electron chi connectivity index (χ1n) is 8.61. The van der Waals surface area contributed by atoms with E-state index in [0.717, 1.165) is 19.3 Å². The van der Waals surface area contributed by atoms with E-state index in [1.165, 1.54) is 44.9 Å². The maximum atomic E-state index is 11.5. The first-order chi connectivity index (χ1) is 9.45. The molecule has 0 aromatic carbocycles. The van der Waals surface area contributed by atoms with Crippen molar-refractivity contribution in [3.05, 3.63) is 0 Å². The van der Waals surface area contributed by atoms with E-state index in [4.69, 9.17) is 4.74 Å². The van der Waals surface area contributed by atoms with E-state index in [1.54, 1.807) is 0 Å². The van der Waals surface area contributed by atoms with Gasteiger partial charge in [-0.1, -0.05) is 72.6 Å². The Morgan fingerprint density at radius 2 is 1.45 bits per heavy atom. The second-order valence-corrected chi connectivity index (χ2v) is 7.11. The summed E-state index contributed by atoms with van der Waals surface area (Å²) in [7, 11) is 0. The van der Waals surface area contributed by atoms with Gasteiger partial charge in [-0.05, 0) is 24.7 Å². The lowest BCUT2D eigenvalue weighted by atomic mass is 9.89. The highest BCUT2D eigenvalue weighted by atomic mass is 16.5. The fourth-order valence-electron chi connectivity index (χ4n) is 2.24. The minimum atomic E-state index is -0.00936. The predicted octanol–water partition coefficient (Wildman–Crippen LogP) is 5.89. The second-order valence-electron chi connectivity index (χ2n) is 7.11. The fraction of sp³-hybridized carbons (Fsp3) is 0.944. The molecule has 0 aromatic heterocycles. The Morgan fingerprint density at radius 3 is 2.05 bits per heavy atom. The van der Waals surface area contributed by atoms with Crippen molar-refractivity contribution in [2.45, 2.75) is 98.3 Å². The van der Waals surface area contributed by atoms with Gasteiger partial charge in [-0.3, -0.25) is 4.79 Å². The highest BCUT2D eigenvalue weighted by Gasteiger charge is 2.10. The molecule has 0 aliphatic carbocycles. The summed E-state index contributed by atoms with van der Waals surface area (Å²) >= 11 is 0. The lowest BCUT2D eigenvalue weighted by Crippen LogP contribution is -2.07. The monoisotopic (exact) mass is 284 g/mol. The molecule has 0 atom stereocenters. The van der Waals surface area contributed by atoms with Gasteiger partial charge in [0.15, 0.2) is 0 Å². The molecule has 0 spiro atoms. The standard InChI is InChI=1S/C18H36O2/c1-5-6-7-8-9-10-13-16-20-17(19)14-11-12-15-18(2,3)4/h5-16H2,1-4H3. The molecule has 0 unspecified atom stereocenters. The van der Waals surface area contributed by atoms with E-state index in [1.807, 2.05) is 0 Å². The lowest BCUT2D eigenvalue weighted by molar-refractivity contribution is -0.143. The predicted molar refractivity (Wildman–Crippen MR) is 86.9 cm³/mol. The van der Waals surface area contributed by atoms with Gasteiger partial charge in [-0.15, -0.1) is 0 Å². The van der Waals surface area contributed by atoms with Crippen LogP contribution in [0.1, 0.15) is 98.3 Å². The first-order valence-corrected chi connectivity index (χ1v) is 8.61. The van der Waals surface area contributed by atoms with Crippen LogP contribution in [0.3, 0.4) is 0 Å². The summed E-state index contributed by atoms with van der Waals surface area (Å²) in [5, 5.41) is 0. The van der Waals surface area contributed by atoms with Crippen molar-refractivity contribution in [2.75, 3.05) is 6.61 Å². The van der Waals surface area contributed by atoms with Gasteiger partial charge in [0.2, 0.25) is 0 Å². The van der Waals surface area contributed by atoms with E-state index in [0.29, 0.717) is 18.4 Å². The minimum absolute atomic E-state index is 0.00936. The highest BCUT2D eigenvalue weighted by molar-refractivity contribution is 5.69. The van der Waals surface area contributed by atoms with Gasteiger partial charge < -0.3 is 4.74 Å². The SMILES string of the molecule is CCCCCCCCCOC(=O)CCCCC(C)(C)C. The van der Waals surface area contributed by atoms with Gasteiger partial charge in [0, 0.05) is 6.42 Å². The van der Waals surface area contributed by atoms with E-state index in [9.17, 15) is 4.79 Å². The highest BCUT2D eigenvalue weighted by Crippen LogP contribution is 2.22. The molecule has 120 valence electrons. The van der Waals surface area contributed by atoms with Crippen LogP contribution in [0.4, 0.5) is 0 Å². The molecule has 0 heterocycles. The molecule has 0 aliphatic heterocycles. The third kappa shape index (κ3) is 15.5. The smallest absolute Gasteiger partial charge is 0.305 e. The molecule has 0 rings (SSSR count). The van der Waals surface area contributed by atoms with Gasteiger partial charge in [0.1, 0.15) is 0 Å². The Hall–Kier alpha value is -0.530. The van der Waals surface area contributed by atoms with Gasteiger partial charge in [-0.25, -0.2) is 0 Å². The van der Waals surface area contributed by atoms with Gasteiger partial charge in [0.05, 0.1) is 6.61 Å². The Balaban J connectivity index is 3.25. The molecule has 0 bridgehead atoms. The minimum Gasteiger partial charge on any atom is -0.466 e. The van der Waals surface area contributed by atoms with Gasteiger partial charge in [-0.2, -0.15) is 0 Å². The van der Waals surface area contributed by atoms with Crippen LogP contribution >= 0.6 is 0 Å². The van der Waals surface area contributed by atoms with E-state index < -0.39 is 0 Å². The number of esters is 1. The zero-order valence-electron chi connectivity index (χ0n) is 14.3. The average molecular weight is 284 g/mol. The summed E-state index contributed by atoms with van der Waals surface area (Å²) in [6, 6.07) is 0. The molecule has 0 aromatic rings. The molecule has 0 saturated carbocycles. The van der Waals surface area contributed by atoms with Crippen molar-refractivity contribution in [1.82, 2.24) is 0 Å². The summed E-state index contributed by atoms with van der Waals surface area (Å²) in [4.78, 5) is 11.5. The van der Waals surface area contributed by atoms with E-state index >= 15 is 0 Å². The molecular weight excluding hydrogens is 248 g/mol. The van der Waals surface area contributed by atoms with Gasteiger partial charge in [0.25, 0.3) is 0 Å². The summed E-state index contributed by atoms with van der Waals surface area (Å²) < 4.78 is 5.26. The second kappa shape index (κ2) is 12.2. The number of hydrogen-bond donors (Lipinski definition) is 0. The third-order valence-electron chi connectivity index (χ3n) is 3.57. The van der Waals surface area contributed by atoms with Crippen LogP contribution < -0.4 is 0 Å². The van der Waals surface area contributed by atoms with Crippen LogP contribution in [0, 0.1) is 5.41 Å². The number of hydrogen-bond acceptors (Lipinski definition) is 2. The van der Waals surface area contributed by atoms with Crippen LogP contribution in [0.15, 0.2) is 0 Å². The van der Waals surface area contributed by atoms with Crippen LogP contribution in [-0.4, -0.2) is 12.6 Å². The van der Waals surface area contributed by atoms with E-state index in [2.05, 4.69) is 27.7 Å². The van der Waals surface area contributed by atoms with Crippen molar-refractivity contribution in [2.24, 2.45) is 5.41 Å². The largest absolute Gasteiger partial charge is 0.466 e. The fourth-order valence-corrected chi connectivity index (χ4v) is 2.24. The van der Waals surface area contributed by atoms with E-state index in [-0.39, 0.29) is 5.97 Å². The molecule has 2 nitrogen and oxygen atoms in total. The molecule has 20 heavy (non-hydrogen) atoms. The van der Waals surface area contributed by atoms with Crippen molar-refractivity contribution in [3.63, 3.8) is 0 Å². The number of unbranched alkanes of at least 4 members (excludes halogenated alkanes) is 7. The third-order valence-corrected chi connectivity index (χ3v) is 3.57. The van der Waals surface area contributed by atoms with Crippen LogP contribution in [0.2, 0.25) is 0 Å². The summed E-state index contributed by atoms with van der Waals surface area (Å²) in [5.41, 5.74) is 0.377. The van der Waals surface area contributed by atoms with Crippen molar-refractivity contribution in [1.29, 1.82) is 0 Å². The van der Waals surface area contributed by atoms with Crippen LogP contribution in [0.5, 0.6) is 0 Å². The molecule has 0 N–H and O–H groups in total. The maximum Gasteiger partial charge on any atom is 0.305 e. The molecular formula is C18H36O2. The normalized spacial score (nSPS) is 11.6. The number of ether oxygens (including phenoxy) is 1. The molecule has 0 fully saturated rings. The Bertz CT molecular complexity index is 228. The summed E-state index contributed by atoms with van der Waals surface area (Å²) in [5.74, 6) is -0.00936. The summed E-state index contributed by atoms with van der Waals surface area (Å²) in [6.07, 6.45) is 12.7.